The average molecular weight is 329 g/mol. The van der Waals surface area contributed by atoms with E-state index in [1.54, 1.807) is 12.4 Å². The number of rotatable bonds is 4. The summed E-state index contributed by atoms with van der Waals surface area (Å²) in [7, 11) is 0. The number of hydrogen-bond acceptors (Lipinski definition) is 3. The Hall–Kier alpha value is -1.91. The van der Waals surface area contributed by atoms with E-state index in [9.17, 15) is 9.59 Å². The van der Waals surface area contributed by atoms with E-state index in [-0.39, 0.29) is 17.7 Å². The Kier molecular flexibility index (Phi) is 5.83. The van der Waals surface area contributed by atoms with Gasteiger partial charge < -0.3 is 10.2 Å². The average Bonchev–Trinajstić information content (AvgIpc) is 2.67. The fourth-order valence-corrected chi connectivity index (χ4v) is 3.80. The van der Waals surface area contributed by atoms with Crippen LogP contribution < -0.4 is 5.32 Å². The number of nitrogens with zero attached hydrogens (tertiary/aromatic N) is 2. The molecule has 1 saturated carbocycles. The number of amides is 2. The van der Waals surface area contributed by atoms with E-state index in [1.165, 1.54) is 19.3 Å². The topological polar surface area (TPSA) is 62.3 Å². The lowest BCUT2D eigenvalue weighted by atomic mass is 9.87. The quantitative estimate of drug-likeness (QED) is 0.923. The maximum Gasteiger partial charge on any atom is 0.225 e. The van der Waals surface area contributed by atoms with Crippen LogP contribution in [0.2, 0.25) is 0 Å². The number of likely N-dealkylation sites (tertiary alicyclic amines) is 1. The Labute approximate surface area is 143 Å². The molecule has 0 unspecified atom stereocenters. The first kappa shape index (κ1) is 16.9. The van der Waals surface area contributed by atoms with Gasteiger partial charge in [0.2, 0.25) is 11.8 Å². The van der Waals surface area contributed by atoms with E-state index in [4.69, 9.17) is 0 Å². The number of aromatic nitrogens is 1. The van der Waals surface area contributed by atoms with E-state index in [0.29, 0.717) is 12.5 Å². The van der Waals surface area contributed by atoms with Crippen molar-refractivity contribution in [2.45, 2.75) is 51.5 Å². The van der Waals surface area contributed by atoms with Gasteiger partial charge in [-0.1, -0.05) is 19.3 Å². The first-order valence-electron chi connectivity index (χ1n) is 9.19. The van der Waals surface area contributed by atoms with Crippen LogP contribution in [-0.4, -0.2) is 34.8 Å². The molecule has 0 atom stereocenters. The minimum absolute atomic E-state index is 0.0299. The van der Waals surface area contributed by atoms with Crippen molar-refractivity contribution in [2.75, 3.05) is 13.1 Å². The molecule has 5 nitrogen and oxygen atoms in total. The summed E-state index contributed by atoms with van der Waals surface area (Å²) in [5.41, 5.74) is 1.06. The molecule has 130 valence electrons. The van der Waals surface area contributed by atoms with Crippen LogP contribution in [0.4, 0.5) is 0 Å². The predicted molar refractivity (Wildman–Crippen MR) is 92.0 cm³/mol. The number of piperidine rings is 1. The third-order valence-corrected chi connectivity index (χ3v) is 5.35. The lowest BCUT2D eigenvalue weighted by Gasteiger charge is -2.34. The van der Waals surface area contributed by atoms with Gasteiger partial charge in [0.05, 0.1) is 0 Å². The molecule has 1 aromatic rings. The first-order valence-corrected chi connectivity index (χ1v) is 9.19. The maximum atomic E-state index is 12.6. The highest BCUT2D eigenvalue weighted by molar-refractivity contribution is 5.81. The van der Waals surface area contributed by atoms with Gasteiger partial charge in [0, 0.05) is 43.9 Å². The molecule has 0 aromatic carbocycles. The minimum Gasteiger partial charge on any atom is -0.352 e. The van der Waals surface area contributed by atoms with Gasteiger partial charge in [0.15, 0.2) is 0 Å². The van der Waals surface area contributed by atoms with Gasteiger partial charge in [-0.15, -0.1) is 0 Å². The summed E-state index contributed by atoms with van der Waals surface area (Å²) >= 11 is 0. The molecule has 0 spiro atoms. The molecule has 2 aliphatic rings. The van der Waals surface area contributed by atoms with Crippen LogP contribution in [0.15, 0.2) is 24.5 Å². The van der Waals surface area contributed by atoms with Crippen molar-refractivity contribution in [1.29, 1.82) is 0 Å². The number of nitrogens with one attached hydrogen (secondary N) is 1. The van der Waals surface area contributed by atoms with Gasteiger partial charge >= 0.3 is 0 Å². The molecular weight excluding hydrogens is 302 g/mol. The lowest BCUT2D eigenvalue weighted by molar-refractivity contribution is -0.140. The van der Waals surface area contributed by atoms with Crippen molar-refractivity contribution in [3.8, 4) is 0 Å². The van der Waals surface area contributed by atoms with Gasteiger partial charge in [-0.25, -0.2) is 0 Å². The molecule has 2 amide bonds. The van der Waals surface area contributed by atoms with Gasteiger partial charge in [0.1, 0.15) is 0 Å². The smallest absolute Gasteiger partial charge is 0.225 e. The van der Waals surface area contributed by atoms with Crippen LogP contribution in [-0.2, 0) is 16.1 Å². The van der Waals surface area contributed by atoms with Gasteiger partial charge in [0.25, 0.3) is 0 Å². The number of carbonyl (C=O) groups is 2. The molecule has 1 aliphatic carbocycles. The second-order valence-corrected chi connectivity index (χ2v) is 7.01. The molecule has 1 N–H and O–H groups in total. The van der Waals surface area contributed by atoms with Crippen molar-refractivity contribution in [3.05, 3.63) is 30.1 Å². The Morgan fingerprint density at radius 3 is 2.33 bits per heavy atom. The highest BCUT2D eigenvalue weighted by atomic mass is 16.2. The van der Waals surface area contributed by atoms with Crippen LogP contribution in [0, 0.1) is 11.8 Å². The maximum absolute atomic E-state index is 12.6. The lowest BCUT2D eigenvalue weighted by Crippen LogP contribution is -2.45. The molecule has 3 rings (SSSR count). The van der Waals surface area contributed by atoms with E-state index in [2.05, 4.69) is 10.3 Å². The minimum atomic E-state index is 0.0299. The van der Waals surface area contributed by atoms with E-state index in [0.717, 1.165) is 44.3 Å². The first-order chi connectivity index (χ1) is 11.7. The zero-order chi connectivity index (χ0) is 16.8. The van der Waals surface area contributed by atoms with E-state index < -0.39 is 0 Å². The zero-order valence-corrected chi connectivity index (χ0v) is 14.2. The second-order valence-electron chi connectivity index (χ2n) is 7.01. The monoisotopic (exact) mass is 329 g/mol. The molecule has 1 aromatic heterocycles. The second kappa shape index (κ2) is 8.27. The van der Waals surface area contributed by atoms with Crippen molar-refractivity contribution < 1.29 is 9.59 Å². The van der Waals surface area contributed by atoms with Crippen LogP contribution in [0.3, 0.4) is 0 Å². The van der Waals surface area contributed by atoms with Crippen LogP contribution >= 0.6 is 0 Å². The summed E-state index contributed by atoms with van der Waals surface area (Å²) in [6, 6.07) is 3.82. The summed E-state index contributed by atoms with van der Waals surface area (Å²) in [5, 5.41) is 3.01. The third kappa shape index (κ3) is 4.34. The summed E-state index contributed by atoms with van der Waals surface area (Å²) in [5.74, 6) is 0.694. The van der Waals surface area contributed by atoms with Crippen molar-refractivity contribution in [2.24, 2.45) is 11.8 Å². The highest BCUT2D eigenvalue weighted by Gasteiger charge is 2.31. The largest absolute Gasteiger partial charge is 0.352 e. The SMILES string of the molecule is O=C(NCc1ccncc1)C1CCN(C(=O)C2CCCCC2)CC1. The van der Waals surface area contributed by atoms with Gasteiger partial charge in [-0.3, -0.25) is 14.6 Å². The molecule has 24 heavy (non-hydrogen) atoms. The summed E-state index contributed by atoms with van der Waals surface area (Å²) < 4.78 is 0. The van der Waals surface area contributed by atoms with Gasteiger partial charge in [-0.2, -0.15) is 0 Å². The van der Waals surface area contributed by atoms with Gasteiger partial charge in [-0.05, 0) is 43.4 Å². The summed E-state index contributed by atoms with van der Waals surface area (Å²) in [6.45, 7) is 1.99. The molecule has 2 fully saturated rings. The normalized spacial score (nSPS) is 19.9. The van der Waals surface area contributed by atoms with E-state index >= 15 is 0 Å². The summed E-state index contributed by atoms with van der Waals surface area (Å²) in [4.78, 5) is 30.8. The van der Waals surface area contributed by atoms with Crippen LogP contribution in [0.1, 0.15) is 50.5 Å². The highest BCUT2D eigenvalue weighted by Crippen LogP contribution is 2.27. The standard InChI is InChI=1S/C19H27N3O2/c23-18(21-14-15-6-10-20-11-7-15)16-8-12-22(13-9-16)19(24)17-4-2-1-3-5-17/h6-7,10-11,16-17H,1-5,8-9,12-14H2,(H,21,23). The Bertz CT molecular complexity index is 547. The van der Waals surface area contributed by atoms with Crippen molar-refractivity contribution >= 4 is 11.8 Å². The van der Waals surface area contributed by atoms with Crippen LogP contribution in [0.25, 0.3) is 0 Å². The third-order valence-electron chi connectivity index (χ3n) is 5.35. The molecule has 1 aliphatic heterocycles. The van der Waals surface area contributed by atoms with Crippen molar-refractivity contribution in [3.63, 3.8) is 0 Å². The number of carbonyl (C=O) groups excluding carboxylic acids is 2. The fraction of sp³-hybridized carbons (Fsp3) is 0.632. The molecule has 1 saturated heterocycles. The molecule has 2 heterocycles. The molecular formula is C19H27N3O2. The molecule has 5 heteroatoms. The zero-order valence-electron chi connectivity index (χ0n) is 14.2. The molecule has 0 radical (unpaired) electrons. The Morgan fingerprint density at radius 2 is 1.67 bits per heavy atom. The number of hydrogen-bond donors (Lipinski definition) is 1. The van der Waals surface area contributed by atoms with Crippen molar-refractivity contribution in [1.82, 2.24) is 15.2 Å². The fourth-order valence-electron chi connectivity index (χ4n) is 3.80. The summed E-state index contributed by atoms with van der Waals surface area (Å²) in [6.07, 6.45) is 10.8. The Balaban J connectivity index is 1.42. The molecule has 0 bridgehead atoms. The Morgan fingerprint density at radius 1 is 1.00 bits per heavy atom. The van der Waals surface area contributed by atoms with E-state index in [1.807, 2.05) is 17.0 Å². The number of pyridine rings is 1. The van der Waals surface area contributed by atoms with Crippen LogP contribution in [0.5, 0.6) is 0 Å². The predicted octanol–water partition coefficient (Wildman–Crippen LogP) is 2.52.